The van der Waals surface area contributed by atoms with Crippen molar-refractivity contribution in [1.82, 2.24) is 5.16 Å². The Labute approximate surface area is 114 Å². The molecule has 0 bridgehead atoms. The lowest BCUT2D eigenvalue weighted by atomic mass is 10.4. The molecule has 1 aromatic heterocycles. The van der Waals surface area contributed by atoms with E-state index in [1.807, 2.05) is 18.2 Å². The smallest absolute Gasteiger partial charge is 0.237 e. The number of halogens is 1. The van der Waals surface area contributed by atoms with Crippen LogP contribution < -0.4 is 5.32 Å². The molecule has 0 saturated heterocycles. The molecule has 4 nitrogen and oxygen atoms in total. The minimum atomic E-state index is -0.156. The number of anilines is 1. The first-order chi connectivity index (χ1) is 8.65. The lowest BCUT2D eigenvalue weighted by molar-refractivity contribution is -0.113. The fourth-order valence-electron chi connectivity index (χ4n) is 1.30. The second kappa shape index (κ2) is 5.93. The Morgan fingerprint density at radius 1 is 1.50 bits per heavy atom. The molecule has 1 heterocycles. The first-order valence-corrected chi connectivity index (χ1v) is 6.62. The topological polar surface area (TPSA) is 55.1 Å². The Balaban J connectivity index is 1.87. The fraction of sp³-hybridized carbons (Fsp3) is 0.167. The fourth-order valence-corrected chi connectivity index (χ4v) is 2.34. The predicted octanol–water partition coefficient (Wildman–Crippen LogP) is 3.37. The van der Waals surface area contributed by atoms with E-state index in [4.69, 9.17) is 16.1 Å². The van der Waals surface area contributed by atoms with E-state index >= 15 is 0 Å². The van der Waals surface area contributed by atoms with Gasteiger partial charge in [-0.25, -0.2) is 0 Å². The molecule has 0 aliphatic carbocycles. The molecule has 0 aliphatic rings. The van der Waals surface area contributed by atoms with Crippen molar-refractivity contribution in [1.29, 1.82) is 0 Å². The molecule has 2 aromatic rings. The monoisotopic (exact) mass is 282 g/mol. The Morgan fingerprint density at radius 3 is 2.94 bits per heavy atom. The van der Waals surface area contributed by atoms with Crippen LogP contribution in [0.4, 0.5) is 5.88 Å². The van der Waals surface area contributed by atoms with Gasteiger partial charge in [-0.05, 0) is 19.1 Å². The molecule has 6 heteroatoms. The van der Waals surface area contributed by atoms with E-state index in [0.717, 1.165) is 10.6 Å². The van der Waals surface area contributed by atoms with Gasteiger partial charge >= 0.3 is 0 Å². The molecule has 2 rings (SSSR count). The van der Waals surface area contributed by atoms with Gasteiger partial charge < -0.3 is 4.52 Å². The van der Waals surface area contributed by atoms with Gasteiger partial charge in [-0.1, -0.05) is 28.9 Å². The number of benzene rings is 1. The van der Waals surface area contributed by atoms with Crippen molar-refractivity contribution in [2.75, 3.05) is 11.1 Å². The summed E-state index contributed by atoms with van der Waals surface area (Å²) in [5.41, 5.74) is 0.726. The maximum Gasteiger partial charge on any atom is 0.237 e. The van der Waals surface area contributed by atoms with Crippen LogP contribution in [0.15, 0.2) is 39.8 Å². The minimum absolute atomic E-state index is 0.156. The van der Waals surface area contributed by atoms with Crippen LogP contribution in [0.25, 0.3) is 0 Å². The highest BCUT2D eigenvalue weighted by molar-refractivity contribution is 8.00. The number of hydrogen-bond donors (Lipinski definition) is 1. The standard InChI is InChI=1S/C12H11ClN2O2S/c1-8-6-12(17-15-8)14-11(16)7-18-10-5-3-2-4-9(10)13/h2-6H,7H2,1H3,(H,14,16). The van der Waals surface area contributed by atoms with Gasteiger partial charge in [0.15, 0.2) is 0 Å². The van der Waals surface area contributed by atoms with Crippen LogP contribution in [0.3, 0.4) is 0 Å². The molecule has 0 fully saturated rings. The molecule has 1 aromatic carbocycles. The van der Waals surface area contributed by atoms with Crippen molar-refractivity contribution in [3.05, 3.63) is 41.0 Å². The van der Waals surface area contributed by atoms with Crippen LogP contribution >= 0.6 is 23.4 Å². The van der Waals surface area contributed by atoms with Gasteiger partial charge in [-0.3, -0.25) is 10.1 Å². The van der Waals surface area contributed by atoms with E-state index in [9.17, 15) is 4.79 Å². The van der Waals surface area contributed by atoms with Crippen molar-refractivity contribution in [2.24, 2.45) is 0 Å². The maximum absolute atomic E-state index is 11.6. The average Bonchev–Trinajstić information content (AvgIpc) is 2.74. The summed E-state index contributed by atoms with van der Waals surface area (Å²) >= 11 is 7.37. The molecule has 0 saturated carbocycles. The van der Waals surface area contributed by atoms with Crippen LogP contribution in [0.2, 0.25) is 5.02 Å². The molecular weight excluding hydrogens is 272 g/mol. The van der Waals surface area contributed by atoms with Crippen LogP contribution in [-0.4, -0.2) is 16.8 Å². The zero-order chi connectivity index (χ0) is 13.0. The summed E-state index contributed by atoms with van der Waals surface area (Å²) in [7, 11) is 0. The molecule has 0 radical (unpaired) electrons. The summed E-state index contributed by atoms with van der Waals surface area (Å²) in [5, 5.41) is 6.95. The third-order valence-corrected chi connectivity index (χ3v) is 3.60. The van der Waals surface area contributed by atoms with Crippen molar-refractivity contribution in [3.63, 3.8) is 0 Å². The zero-order valence-corrected chi connectivity index (χ0v) is 11.2. The number of aryl methyl sites for hydroxylation is 1. The highest BCUT2D eigenvalue weighted by Crippen LogP contribution is 2.26. The first-order valence-electron chi connectivity index (χ1n) is 5.25. The number of carbonyl (C=O) groups is 1. The van der Waals surface area contributed by atoms with E-state index in [1.165, 1.54) is 11.8 Å². The van der Waals surface area contributed by atoms with Gasteiger partial charge in [0.1, 0.15) is 0 Å². The van der Waals surface area contributed by atoms with Crippen LogP contribution in [0, 0.1) is 6.92 Å². The van der Waals surface area contributed by atoms with Crippen molar-refractivity contribution < 1.29 is 9.32 Å². The quantitative estimate of drug-likeness (QED) is 0.874. The van der Waals surface area contributed by atoms with Gasteiger partial charge in [-0.2, -0.15) is 0 Å². The highest BCUT2D eigenvalue weighted by atomic mass is 35.5. The lowest BCUT2D eigenvalue weighted by Crippen LogP contribution is -2.13. The van der Waals surface area contributed by atoms with Crippen LogP contribution in [-0.2, 0) is 4.79 Å². The number of aromatic nitrogens is 1. The van der Waals surface area contributed by atoms with Crippen molar-refractivity contribution >= 4 is 35.2 Å². The molecule has 94 valence electrons. The van der Waals surface area contributed by atoms with E-state index in [1.54, 1.807) is 19.1 Å². The summed E-state index contributed by atoms with van der Waals surface area (Å²) < 4.78 is 4.89. The molecular formula is C12H11ClN2O2S. The molecule has 1 amide bonds. The van der Waals surface area contributed by atoms with Gasteiger partial charge in [0, 0.05) is 11.0 Å². The first kappa shape index (κ1) is 13.0. The average molecular weight is 283 g/mol. The number of amides is 1. The summed E-state index contributed by atoms with van der Waals surface area (Å²) in [4.78, 5) is 12.5. The maximum atomic E-state index is 11.6. The normalized spacial score (nSPS) is 10.3. The molecule has 0 atom stereocenters. The molecule has 0 spiro atoms. The van der Waals surface area contributed by atoms with Gasteiger partial charge in [0.05, 0.1) is 16.5 Å². The number of nitrogens with one attached hydrogen (secondary N) is 1. The van der Waals surface area contributed by atoms with Gasteiger partial charge in [-0.15, -0.1) is 11.8 Å². The largest absolute Gasteiger partial charge is 0.338 e. The van der Waals surface area contributed by atoms with Gasteiger partial charge in [0.25, 0.3) is 0 Å². The number of nitrogens with zero attached hydrogens (tertiary/aromatic N) is 1. The SMILES string of the molecule is Cc1cc(NC(=O)CSc2ccccc2Cl)on1. The number of hydrogen-bond acceptors (Lipinski definition) is 4. The Hall–Kier alpha value is -1.46. The zero-order valence-electron chi connectivity index (χ0n) is 9.64. The Kier molecular flexibility index (Phi) is 4.28. The lowest BCUT2D eigenvalue weighted by Gasteiger charge is -2.03. The predicted molar refractivity (Wildman–Crippen MR) is 72.0 cm³/mol. The van der Waals surface area contributed by atoms with Crippen molar-refractivity contribution in [2.45, 2.75) is 11.8 Å². The Morgan fingerprint density at radius 2 is 2.28 bits per heavy atom. The summed E-state index contributed by atoms with van der Waals surface area (Å²) in [6.45, 7) is 1.79. The minimum Gasteiger partial charge on any atom is -0.338 e. The summed E-state index contributed by atoms with van der Waals surface area (Å²) in [6, 6.07) is 9.06. The van der Waals surface area contributed by atoms with E-state index in [0.29, 0.717) is 10.9 Å². The Bertz CT molecular complexity index is 557. The second-order valence-electron chi connectivity index (χ2n) is 3.60. The summed E-state index contributed by atoms with van der Waals surface area (Å²) in [5.74, 6) is 0.469. The molecule has 18 heavy (non-hydrogen) atoms. The highest BCUT2D eigenvalue weighted by Gasteiger charge is 2.08. The number of rotatable bonds is 4. The van der Waals surface area contributed by atoms with E-state index in [2.05, 4.69) is 10.5 Å². The second-order valence-corrected chi connectivity index (χ2v) is 5.02. The third-order valence-electron chi connectivity index (χ3n) is 2.09. The van der Waals surface area contributed by atoms with Gasteiger partial charge in [0.2, 0.25) is 11.8 Å². The number of thioether (sulfide) groups is 1. The van der Waals surface area contributed by atoms with Crippen molar-refractivity contribution in [3.8, 4) is 0 Å². The molecule has 0 aliphatic heterocycles. The molecule has 1 N–H and O–H groups in total. The van der Waals surface area contributed by atoms with E-state index in [-0.39, 0.29) is 11.7 Å². The number of carbonyl (C=O) groups excluding carboxylic acids is 1. The van der Waals surface area contributed by atoms with Crippen LogP contribution in [0.5, 0.6) is 0 Å². The van der Waals surface area contributed by atoms with E-state index < -0.39 is 0 Å². The molecule has 0 unspecified atom stereocenters. The van der Waals surface area contributed by atoms with Crippen LogP contribution in [0.1, 0.15) is 5.69 Å². The summed E-state index contributed by atoms with van der Waals surface area (Å²) in [6.07, 6.45) is 0. The third kappa shape index (κ3) is 3.51.